The summed E-state index contributed by atoms with van der Waals surface area (Å²) < 4.78 is 205. The smallest absolute Gasteiger partial charge is 0.238 e. The Labute approximate surface area is 355 Å². The Hall–Kier alpha value is -7.63. The van der Waals surface area contributed by atoms with Gasteiger partial charge in [-0.15, -0.1) is 0 Å². The fourth-order valence-corrected chi connectivity index (χ4v) is 6.88. The lowest BCUT2D eigenvalue weighted by molar-refractivity contribution is 0.955. The van der Waals surface area contributed by atoms with Crippen LogP contribution in [0.4, 0.5) is 0 Å². The Bertz CT molecular complexity index is 4490. The molecule has 3 heterocycles. The van der Waals surface area contributed by atoms with Crippen LogP contribution in [0.25, 0.3) is 100 Å². The van der Waals surface area contributed by atoms with Crippen LogP contribution >= 0.6 is 0 Å². The normalized spacial score (nSPS) is 17.3. The van der Waals surface area contributed by atoms with Crippen molar-refractivity contribution >= 4 is 43.6 Å². The lowest BCUT2D eigenvalue weighted by Gasteiger charge is -2.12. The first-order valence-corrected chi connectivity index (χ1v) is 17.0. The van der Waals surface area contributed by atoms with Gasteiger partial charge in [0.15, 0.2) is 11.6 Å². The van der Waals surface area contributed by atoms with E-state index in [0.717, 1.165) is 0 Å². The highest BCUT2D eigenvalue weighted by molar-refractivity contribution is 6.26. The zero-order chi connectivity index (χ0) is 57.0. The first kappa shape index (κ1) is 16.4. The zero-order valence-electron chi connectivity index (χ0n) is 51.5. The molecule has 0 radical (unpaired) electrons. The van der Waals surface area contributed by atoms with Crippen LogP contribution in [0.5, 0.6) is 0 Å². The number of nitrogens with zero attached hydrogens (tertiary/aromatic N) is 5. The maximum Gasteiger partial charge on any atom is 0.238 e. The average Bonchev–Trinajstić information content (AvgIpc) is 4.14. The van der Waals surface area contributed by atoms with Gasteiger partial charge in [0.25, 0.3) is 0 Å². The van der Waals surface area contributed by atoms with Crippen LogP contribution in [0.15, 0.2) is 200 Å². The van der Waals surface area contributed by atoms with Gasteiger partial charge in [0, 0.05) is 38.4 Å². The van der Waals surface area contributed by atoms with Gasteiger partial charge in [0.2, 0.25) is 5.95 Å². The molecule has 0 saturated heterocycles. The first-order valence-electron chi connectivity index (χ1n) is 28.5. The molecule has 3 aromatic heterocycles. The third-order valence-corrected chi connectivity index (χ3v) is 9.20. The van der Waals surface area contributed by atoms with E-state index in [2.05, 4.69) is 4.98 Å². The summed E-state index contributed by atoms with van der Waals surface area (Å²) in [5, 5.41) is 1.89. The fraction of sp³-hybridized carbons (Fsp3) is 0. The topological polar surface area (TPSA) is 48.5 Å². The second-order valence-corrected chi connectivity index (χ2v) is 12.3. The standard InChI is InChI=1S/C51H33N5/c1-4-15-34(16-5-1)36-27-29-38(30-28-36)50-52-49(37-19-8-3-9-20-37)53-51(54-50)56-44-25-12-10-23-41(44)42-31-32-46-47(48(42)56)43-24-11-13-26-45(43)55(46)40-22-14-21-39(33-40)35-17-6-2-7-18-35/h1-33H/i1D,2D,3D,4D,5D,6D,7D,8D,9D,14D,15D,16D,17D,18D,19D,20D,21D,22D,27D,28D,29D,30D,33D. The third kappa shape index (κ3) is 5.21. The molecule has 0 fully saturated rings. The molecule has 8 aromatic carbocycles. The minimum atomic E-state index is -0.862. The number of para-hydroxylation sites is 2. The molecule has 0 atom stereocenters. The van der Waals surface area contributed by atoms with E-state index in [9.17, 15) is 8.22 Å². The number of benzene rings is 8. The SMILES string of the molecule is [2H]c1c([2H])c([2H])c(-c2nc(-c3c([2H])c([2H])c(-c4c([2H])c([2H])c([2H])c([2H])c4[2H])c([2H])c3[2H])nc(-n3c4ccccc4c4ccc5c(c6ccccc6n5-c5c([2H])c([2H])c([2H])c(-c6c([2H])c([2H])c([2H])c([2H])c6[2H])c5[2H])c43)n2)c([2H])c1[2H]. The van der Waals surface area contributed by atoms with Gasteiger partial charge in [-0.3, -0.25) is 4.57 Å². The lowest BCUT2D eigenvalue weighted by atomic mass is 10.0. The van der Waals surface area contributed by atoms with E-state index < -0.39 is 184 Å². The number of rotatable bonds is 6. The molecule has 0 amide bonds. The van der Waals surface area contributed by atoms with Crippen molar-refractivity contribution in [3.05, 3.63) is 200 Å². The van der Waals surface area contributed by atoms with Crippen molar-refractivity contribution in [2.45, 2.75) is 0 Å². The van der Waals surface area contributed by atoms with Crippen LogP contribution in [0.1, 0.15) is 31.5 Å². The van der Waals surface area contributed by atoms with Crippen molar-refractivity contribution in [2.24, 2.45) is 0 Å². The van der Waals surface area contributed by atoms with E-state index in [1.165, 1.54) is 9.13 Å². The van der Waals surface area contributed by atoms with Gasteiger partial charge < -0.3 is 4.57 Å². The Balaban J connectivity index is 1.28. The Morgan fingerprint density at radius 2 is 0.893 bits per heavy atom. The van der Waals surface area contributed by atoms with Crippen molar-refractivity contribution in [1.82, 2.24) is 24.1 Å². The summed E-state index contributed by atoms with van der Waals surface area (Å²) in [7, 11) is 0. The van der Waals surface area contributed by atoms with Gasteiger partial charge in [-0.05, 0) is 52.5 Å². The van der Waals surface area contributed by atoms with Crippen molar-refractivity contribution in [2.75, 3.05) is 0 Å². The highest BCUT2D eigenvalue weighted by Gasteiger charge is 2.23. The van der Waals surface area contributed by atoms with Crippen LogP contribution in [-0.4, -0.2) is 24.1 Å². The van der Waals surface area contributed by atoms with Gasteiger partial charge in [0.05, 0.1) is 53.6 Å². The summed E-state index contributed by atoms with van der Waals surface area (Å²) in [6, 6.07) is -0.540. The summed E-state index contributed by atoms with van der Waals surface area (Å²) in [4.78, 5) is 14.1. The van der Waals surface area contributed by atoms with Crippen LogP contribution in [0.3, 0.4) is 0 Å². The second kappa shape index (κ2) is 13.0. The second-order valence-electron chi connectivity index (χ2n) is 12.3. The molecular weight excluding hydrogens is 683 g/mol. The summed E-state index contributed by atoms with van der Waals surface area (Å²) >= 11 is 0. The summed E-state index contributed by atoms with van der Waals surface area (Å²) in [6.45, 7) is 0. The van der Waals surface area contributed by atoms with E-state index >= 15 is 0 Å². The van der Waals surface area contributed by atoms with Gasteiger partial charge in [-0.2, -0.15) is 9.97 Å². The Kier molecular flexibility index (Phi) is 3.82. The van der Waals surface area contributed by atoms with E-state index in [1.807, 2.05) is 0 Å². The highest BCUT2D eigenvalue weighted by atomic mass is 15.2. The largest absolute Gasteiger partial charge is 0.309 e. The van der Waals surface area contributed by atoms with Crippen LogP contribution in [0, 0.1) is 0 Å². The monoisotopic (exact) mass is 738 g/mol. The van der Waals surface area contributed by atoms with E-state index in [0.29, 0.717) is 38.1 Å². The number of aromatic nitrogens is 5. The zero-order valence-corrected chi connectivity index (χ0v) is 28.5. The maximum absolute atomic E-state index is 9.69. The summed E-state index contributed by atoms with van der Waals surface area (Å²) in [5.41, 5.74) is -2.48. The average molecular weight is 739 g/mol. The van der Waals surface area contributed by atoms with Gasteiger partial charge in [-0.1, -0.05) is 169 Å². The quantitative estimate of drug-likeness (QED) is 0.171. The van der Waals surface area contributed by atoms with Crippen LogP contribution in [0.2, 0.25) is 0 Å². The summed E-state index contributed by atoms with van der Waals surface area (Å²) in [5.74, 6) is -1.57. The molecule has 11 rings (SSSR count). The molecule has 0 aliphatic rings. The molecule has 56 heavy (non-hydrogen) atoms. The predicted molar refractivity (Wildman–Crippen MR) is 230 cm³/mol. The van der Waals surface area contributed by atoms with Crippen LogP contribution < -0.4 is 0 Å². The first-order chi connectivity index (χ1) is 37.3. The van der Waals surface area contributed by atoms with Crippen molar-refractivity contribution in [3.63, 3.8) is 0 Å². The van der Waals surface area contributed by atoms with E-state index in [1.54, 1.807) is 60.7 Å². The van der Waals surface area contributed by atoms with E-state index in [4.69, 9.17) is 33.3 Å². The molecule has 0 bridgehead atoms. The molecule has 0 N–H and O–H groups in total. The molecule has 5 nitrogen and oxygen atoms in total. The van der Waals surface area contributed by atoms with Crippen molar-refractivity contribution in [1.29, 1.82) is 0 Å². The maximum atomic E-state index is 9.69. The molecule has 0 saturated carbocycles. The number of hydrogen-bond donors (Lipinski definition) is 0. The molecule has 0 aliphatic carbocycles. The van der Waals surface area contributed by atoms with Gasteiger partial charge in [-0.25, -0.2) is 4.98 Å². The fourth-order valence-electron chi connectivity index (χ4n) is 6.88. The minimum absolute atomic E-state index is 0.256. The third-order valence-electron chi connectivity index (χ3n) is 9.20. The van der Waals surface area contributed by atoms with Crippen molar-refractivity contribution in [3.8, 4) is 56.7 Å². The lowest BCUT2D eigenvalue weighted by Crippen LogP contribution is -2.06. The Morgan fingerprint density at radius 3 is 1.57 bits per heavy atom. The molecule has 262 valence electrons. The van der Waals surface area contributed by atoms with E-state index in [-0.39, 0.29) is 17.2 Å². The molecule has 0 unspecified atom stereocenters. The molecule has 0 aliphatic heterocycles. The molecule has 0 spiro atoms. The van der Waals surface area contributed by atoms with Crippen LogP contribution in [-0.2, 0) is 0 Å². The predicted octanol–water partition coefficient (Wildman–Crippen LogP) is 12.7. The molecule has 5 heteroatoms. The number of hydrogen-bond acceptors (Lipinski definition) is 3. The highest BCUT2D eigenvalue weighted by Crippen LogP contribution is 2.42. The summed E-state index contributed by atoms with van der Waals surface area (Å²) in [6.07, 6.45) is 0. The molecule has 11 aromatic rings. The van der Waals surface area contributed by atoms with Gasteiger partial charge in [0.1, 0.15) is 0 Å². The number of fused-ring (bicyclic) bond motifs is 7. The molecular formula is C51H33N5. The van der Waals surface area contributed by atoms with Gasteiger partial charge >= 0.3 is 0 Å². The van der Waals surface area contributed by atoms with Crippen molar-refractivity contribution < 1.29 is 31.5 Å². The Morgan fingerprint density at radius 1 is 0.375 bits per heavy atom. The minimum Gasteiger partial charge on any atom is -0.309 e.